The largest absolute Gasteiger partial charge is 0.369 e. The van der Waals surface area contributed by atoms with Crippen LogP contribution in [0.4, 0.5) is 0 Å². The summed E-state index contributed by atoms with van der Waals surface area (Å²) in [5, 5.41) is 2.38. The van der Waals surface area contributed by atoms with E-state index < -0.39 is 10.8 Å². The Bertz CT molecular complexity index is 1280. The standard InChI is InChI=1S/C31H35BrO5S2/c1-38-28(39(2)33)18-27-30(35-20-22-10-13-23-7-3-4-8-24(23)17-22)31(29-26(37-27)9-5-6-16-34-29)36-19-21-11-14-25(32)15-12-21/h3-8,10-15,17,26-31H,9,16,18-20H2,1-2H3/t26-,27+,28?,29-,30+,31+,39?/m0/s1. The number of hydrogen-bond donors (Lipinski definition) is 0. The Hall–Kier alpha value is -1.52. The van der Waals surface area contributed by atoms with Crippen LogP contribution in [0.2, 0.25) is 0 Å². The molecule has 0 aromatic heterocycles. The molecular weight excluding hydrogens is 596 g/mol. The lowest BCUT2D eigenvalue weighted by Gasteiger charge is -2.46. The van der Waals surface area contributed by atoms with Gasteiger partial charge in [0.1, 0.15) is 18.3 Å². The first kappa shape index (κ1) is 29.0. The van der Waals surface area contributed by atoms with Crippen molar-refractivity contribution in [2.24, 2.45) is 0 Å². The van der Waals surface area contributed by atoms with Crippen LogP contribution in [-0.2, 0) is 43.0 Å². The van der Waals surface area contributed by atoms with Gasteiger partial charge < -0.3 is 18.9 Å². The van der Waals surface area contributed by atoms with E-state index in [0.717, 1.165) is 22.0 Å². The van der Waals surface area contributed by atoms with Crippen LogP contribution < -0.4 is 0 Å². The van der Waals surface area contributed by atoms with E-state index in [1.807, 2.05) is 30.5 Å². The molecule has 1 fully saturated rings. The SMILES string of the molecule is CSC(C[C@H]1O[C@H]2CC=CCO[C@@H]2[C@@H](OCc2ccc(Br)cc2)[C@@H]1OCc1ccc2ccccc2c1)S(C)=O. The molecular formula is C31H35BrO5S2. The minimum absolute atomic E-state index is 0.0623. The van der Waals surface area contributed by atoms with Crippen molar-refractivity contribution >= 4 is 49.3 Å². The van der Waals surface area contributed by atoms with Crippen molar-refractivity contribution in [3.63, 3.8) is 0 Å². The molecule has 0 saturated carbocycles. The van der Waals surface area contributed by atoms with Crippen molar-refractivity contribution in [3.8, 4) is 0 Å². The lowest BCUT2D eigenvalue weighted by Crippen LogP contribution is -2.60. The summed E-state index contributed by atoms with van der Waals surface area (Å²) in [6, 6.07) is 22.9. The van der Waals surface area contributed by atoms with Crippen LogP contribution in [0.1, 0.15) is 24.0 Å². The van der Waals surface area contributed by atoms with Crippen LogP contribution in [0.3, 0.4) is 0 Å². The van der Waals surface area contributed by atoms with Crippen molar-refractivity contribution in [1.82, 2.24) is 0 Å². The molecule has 7 atom stereocenters. The Morgan fingerprint density at radius 1 is 0.974 bits per heavy atom. The summed E-state index contributed by atoms with van der Waals surface area (Å²) in [5.41, 5.74) is 2.17. The van der Waals surface area contributed by atoms with Crippen LogP contribution in [0.5, 0.6) is 0 Å². The van der Waals surface area contributed by atoms with Crippen LogP contribution in [-0.4, -0.2) is 58.4 Å². The second-order valence-corrected chi connectivity index (χ2v) is 13.8. The van der Waals surface area contributed by atoms with Gasteiger partial charge in [-0.05, 0) is 59.2 Å². The number of fused-ring (bicyclic) bond motifs is 2. The number of ether oxygens (including phenoxy) is 4. The van der Waals surface area contributed by atoms with Crippen LogP contribution in [0, 0.1) is 0 Å². The van der Waals surface area contributed by atoms with Crippen LogP contribution >= 0.6 is 27.7 Å². The number of halogens is 1. The molecule has 2 unspecified atom stereocenters. The summed E-state index contributed by atoms with van der Waals surface area (Å²) in [6.07, 6.45) is 7.84. The van der Waals surface area contributed by atoms with Gasteiger partial charge in [0.25, 0.3) is 0 Å². The first-order valence-corrected chi connectivity index (χ1v) is 16.9. The zero-order chi connectivity index (χ0) is 27.2. The minimum atomic E-state index is -0.999. The van der Waals surface area contributed by atoms with Crippen molar-refractivity contribution in [3.05, 3.63) is 94.5 Å². The molecule has 5 rings (SSSR count). The summed E-state index contributed by atoms with van der Waals surface area (Å²) in [4.78, 5) is 0. The topological polar surface area (TPSA) is 54.0 Å². The predicted octanol–water partition coefficient (Wildman–Crippen LogP) is 6.64. The van der Waals surface area contributed by atoms with Gasteiger partial charge in [-0.3, -0.25) is 4.21 Å². The molecule has 3 aromatic carbocycles. The highest BCUT2D eigenvalue weighted by Gasteiger charge is 2.48. The monoisotopic (exact) mass is 630 g/mol. The zero-order valence-corrected chi connectivity index (χ0v) is 25.5. The average molecular weight is 632 g/mol. The van der Waals surface area contributed by atoms with Crippen LogP contribution in [0.25, 0.3) is 10.8 Å². The maximum Gasteiger partial charge on any atom is 0.115 e. The van der Waals surface area contributed by atoms with Crippen molar-refractivity contribution in [2.75, 3.05) is 19.1 Å². The molecule has 2 heterocycles. The molecule has 5 nitrogen and oxygen atoms in total. The molecule has 2 aliphatic rings. The van der Waals surface area contributed by atoms with E-state index in [0.29, 0.717) is 26.2 Å². The van der Waals surface area contributed by atoms with E-state index in [9.17, 15) is 4.21 Å². The first-order chi connectivity index (χ1) is 19.0. The van der Waals surface area contributed by atoms with E-state index in [1.54, 1.807) is 18.0 Å². The normalized spacial score (nSPS) is 26.6. The highest BCUT2D eigenvalue weighted by atomic mass is 79.9. The second kappa shape index (κ2) is 13.9. The third-order valence-electron chi connectivity index (χ3n) is 7.32. The Kier molecular flexibility index (Phi) is 10.3. The quantitative estimate of drug-likeness (QED) is 0.234. The molecule has 1 saturated heterocycles. The molecule has 39 heavy (non-hydrogen) atoms. The maximum absolute atomic E-state index is 12.5. The summed E-state index contributed by atoms with van der Waals surface area (Å²) < 4.78 is 39.9. The number of benzene rings is 3. The summed E-state index contributed by atoms with van der Waals surface area (Å²) in [6.45, 7) is 1.37. The van der Waals surface area contributed by atoms with Gasteiger partial charge in [0.05, 0.1) is 36.6 Å². The lowest BCUT2D eigenvalue weighted by atomic mass is 9.91. The number of hydrogen-bond acceptors (Lipinski definition) is 6. The highest BCUT2D eigenvalue weighted by Crippen LogP contribution is 2.35. The smallest absolute Gasteiger partial charge is 0.115 e. The van der Waals surface area contributed by atoms with E-state index in [-0.39, 0.29) is 35.1 Å². The Morgan fingerprint density at radius 2 is 1.69 bits per heavy atom. The van der Waals surface area contributed by atoms with E-state index >= 15 is 0 Å². The first-order valence-electron chi connectivity index (χ1n) is 13.2. The molecule has 0 amide bonds. The predicted molar refractivity (Wildman–Crippen MR) is 163 cm³/mol. The molecule has 2 aliphatic heterocycles. The maximum atomic E-state index is 12.5. The molecule has 3 aromatic rings. The summed E-state index contributed by atoms with van der Waals surface area (Å²) in [7, 11) is -0.999. The van der Waals surface area contributed by atoms with Gasteiger partial charge in [0.15, 0.2) is 0 Å². The minimum Gasteiger partial charge on any atom is -0.369 e. The zero-order valence-electron chi connectivity index (χ0n) is 22.2. The molecule has 8 heteroatoms. The van der Waals surface area contributed by atoms with Gasteiger partial charge in [-0.25, -0.2) is 0 Å². The molecule has 0 bridgehead atoms. The third kappa shape index (κ3) is 7.41. The fraction of sp³-hybridized carbons (Fsp3) is 0.419. The molecule has 208 valence electrons. The van der Waals surface area contributed by atoms with E-state index in [2.05, 4.69) is 70.5 Å². The summed E-state index contributed by atoms with van der Waals surface area (Å²) >= 11 is 5.12. The molecule has 0 aliphatic carbocycles. The van der Waals surface area contributed by atoms with Gasteiger partial charge in [-0.2, -0.15) is 0 Å². The molecule has 0 spiro atoms. The highest BCUT2D eigenvalue weighted by molar-refractivity contribution is 9.10. The van der Waals surface area contributed by atoms with E-state index in [4.69, 9.17) is 18.9 Å². The average Bonchev–Trinajstić information content (AvgIpc) is 3.19. The van der Waals surface area contributed by atoms with Crippen molar-refractivity contribution in [1.29, 1.82) is 0 Å². The number of thioether (sulfide) groups is 1. The number of rotatable bonds is 10. The van der Waals surface area contributed by atoms with E-state index in [1.165, 1.54) is 10.8 Å². The van der Waals surface area contributed by atoms with Gasteiger partial charge in [-0.15, -0.1) is 11.8 Å². The Labute approximate surface area is 246 Å². The van der Waals surface area contributed by atoms with Crippen molar-refractivity contribution < 1.29 is 23.2 Å². The van der Waals surface area contributed by atoms with Crippen LogP contribution in [0.15, 0.2) is 83.4 Å². The fourth-order valence-corrected chi connectivity index (χ4v) is 7.47. The summed E-state index contributed by atoms with van der Waals surface area (Å²) in [5.74, 6) is 0. The van der Waals surface area contributed by atoms with Crippen molar-refractivity contribution in [2.45, 2.75) is 61.2 Å². The lowest BCUT2D eigenvalue weighted by molar-refractivity contribution is -0.259. The Balaban J connectivity index is 1.43. The third-order valence-corrected chi connectivity index (χ3v) is 10.9. The van der Waals surface area contributed by atoms with Gasteiger partial charge in [0, 0.05) is 21.5 Å². The van der Waals surface area contributed by atoms with Gasteiger partial charge >= 0.3 is 0 Å². The Morgan fingerprint density at radius 3 is 2.46 bits per heavy atom. The fourth-order valence-electron chi connectivity index (χ4n) is 5.28. The second-order valence-electron chi connectivity index (χ2n) is 9.98. The van der Waals surface area contributed by atoms with Gasteiger partial charge in [-0.1, -0.05) is 76.6 Å². The van der Waals surface area contributed by atoms with Gasteiger partial charge in [0.2, 0.25) is 0 Å². The molecule has 0 N–H and O–H groups in total. The molecule has 0 radical (unpaired) electrons.